The zero-order valence-corrected chi connectivity index (χ0v) is 11.8. The van der Waals surface area contributed by atoms with Gasteiger partial charge in [-0.3, -0.25) is 24.1 Å². The minimum Gasteiger partial charge on any atom is -0.365 e. The minimum atomic E-state index is -1.05. The Morgan fingerprint density at radius 2 is 1.68 bits per heavy atom. The third kappa shape index (κ3) is 3.37. The maximum Gasteiger partial charge on any atom is 0.361 e. The molecule has 0 saturated carbocycles. The molecule has 0 bridgehead atoms. The molecule has 0 aromatic rings. The van der Waals surface area contributed by atoms with E-state index in [0.717, 1.165) is 17.1 Å². The molecule has 9 heteroatoms. The van der Waals surface area contributed by atoms with Gasteiger partial charge < -0.3 is 9.57 Å². The lowest BCUT2D eigenvalue weighted by Crippen LogP contribution is -2.38. The number of rotatable bonds is 6. The highest BCUT2D eigenvalue weighted by Gasteiger charge is 2.34. The van der Waals surface area contributed by atoms with Crippen LogP contribution in [0.2, 0.25) is 0 Å². The zero-order chi connectivity index (χ0) is 16.3. The standard InChI is InChI=1S/C13H14N2O7/c1-8(13(20)22-15-11(18)4-5-12(15)19)21-7-6-14-9(16)2-3-10(14)17/h2-3,8H,4-7H2,1H3. The van der Waals surface area contributed by atoms with E-state index in [4.69, 9.17) is 4.74 Å². The van der Waals surface area contributed by atoms with Gasteiger partial charge in [-0.1, -0.05) is 0 Å². The molecule has 9 nitrogen and oxygen atoms in total. The van der Waals surface area contributed by atoms with E-state index in [2.05, 4.69) is 4.84 Å². The smallest absolute Gasteiger partial charge is 0.361 e. The van der Waals surface area contributed by atoms with Gasteiger partial charge >= 0.3 is 5.97 Å². The fourth-order valence-electron chi connectivity index (χ4n) is 1.86. The van der Waals surface area contributed by atoms with E-state index in [-0.39, 0.29) is 26.0 Å². The topological polar surface area (TPSA) is 110 Å². The highest BCUT2D eigenvalue weighted by molar-refractivity contribution is 6.12. The Bertz CT molecular complexity index is 535. The van der Waals surface area contributed by atoms with Gasteiger partial charge in [0.2, 0.25) is 0 Å². The Morgan fingerprint density at radius 1 is 1.14 bits per heavy atom. The highest BCUT2D eigenvalue weighted by atomic mass is 16.7. The first-order chi connectivity index (χ1) is 10.4. The van der Waals surface area contributed by atoms with Crippen molar-refractivity contribution in [1.82, 2.24) is 9.96 Å². The van der Waals surface area contributed by atoms with Crippen molar-refractivity contribution in [2.45, 2.75) is 25.9 Å². The Labute approximate surface area is 125 Å². The summed E-state index contributed by atoms with van der Waals surface area (Å²) in [4.78, 5) is 62.5. The molecule has 0 N–H and O–H groups in total. The Hall–Kier alpha value is -2.55. The van der Waals surface area contributed by atoms with Gasteiger partial charge in [0.25, 0.3) is 23.6 Å². The number of hydrogen-bond donors (Lipinski definition) is 0. The van der Waals surface area contributed by atoms with Gasteiger partial charge in [-0.2, -0.15) is 0 Å². The molecule has 0 aromatic carbocycles. The third-order valence-electron chi connectivity index (χ3n) is 3.10. The van der Waals surface area contributed by atoms with E-state index >= 15 is 0 Å². The van der Waals surface area contributed by atoms with Crippen LogP contribution in [-0.4, -0.2) is 58.8 Å². The zero-order valence-electron chi connectivity index (χ0n) is 11.8. The van der Waals surface area contributed by atoms with Gasteiger partial charge in [0, 0.05) is 25.0 Å². The number of carbonyl (C=O) groups excluding carboxylic acids is 5. The summed E-state index contributed by atoms with van der Waals surface area (Å²) in [6.45, 7) is 1.29. The highest BCUT2D eigenvalue weighted by Crippen LogP contribution is 2.13. The van der Waals surface area contributed by atoms with E-state index in [1.807, 2.05) is 0 Å². The van der Waals surface area contributed by atoms with Crippen LogP contribution in [0.3, 0.4) is 0 Å². The number of imide groups is 2. The van der Waals surface area contributed by atoms with Crippen molar-refractivity contribution < 1.29 is 33.5 Å². The van der Waals surface area contributed by atoms with Gasteiger partial charge in [-0.05, 0) is 6.92 Å². The first kappa shape index (κ1) is 15.8. The van der Waals surface area contributed by atoms with Crippen LogP contribution in [0.4, 0.5) is 0 Å². The molecule has 1 saturated heterocycles. The number of ether oxygens (including phenoxy) is 1. The van der Waals surface area contributed by atoms with Crippen LogP contribution in [-0.2, 0) is 33.5 Å². The fourth-order valence-corrected chi connectivity index (χ4v) is 1.86. The summed E-state index contributed by atoms with van der Waals surface area (Å²) in [5.74, 6) is -2.95. The molecule has 0 spiro atoms. The number of nitrogens with zero attached hydrogens (tertiary/aromatic N) is 2. The van der Waals surface area contributed by atoms with Crippen LogP contribution < -0.4 is 0 Å². The van der Waals surface area contributed by atoms with E-state index < -0.39 is 35.7 Å². The van der Waals surface area contributed by atoms with Crippen LogP contribution in [0.1, 0.15) is 19.8 Å². The van der Waals surface area contributed by atoms with Gasteiger partial charge in [0.05, 0.1) is 13.2 Å². The fraction of sp³-hybridized carbons (Fsp3) is 0.462. The lowest BCUT2D eigenvalue weighted by atomic mass is 10.4. The number of amides is 4. The van der Waals surface area contributed by atoms with Gasteiger partial charge in [0.15, 0.2) is 6.10 Å². The summed E-state index contributed by atoms with van der Waals surface area (Å²) in [5.41, 5.74) is 0. The molecule has 1 fully saturated rings. The normalized spacial score (nSPS) is 19.3. The Balaban J connectivity index is 1.75. The van der Waals surface area contributed by atoms with Crippen molar-refractivity contribution in [1.29, 1.82) is 0 Å². The molecule has 1 atom stereocenters. The molecule has 2 aliphatic heterocycles. The molecular formula is C13H14N2O7. The van der Waals surface area contributed by atoms with Crippen LogP contribution in [0.15, 0.2) is 12.2 Å². The molecule has 0 aliphatic carbocycles. The van der Waals surface area contributed by atoms with Gasteiger partial charge in [-0.25, -0.2) is 4.79 Å². The van der Waals surface area contributed by atoms with Gasteiger partial charge in [0.1, 0.15) is 0 Å². The monoisotopic (exact) mass is 310 g/mol. The van der Waals surface area contributed by atoms with E-state index in [9.17, 15) is 24.0 Å². The number of carbonyl (C=O) groups is 5. The quantitative estimate of drug-likeness (QED) is 0.574. The molecule has 1 unspecified atom stereocenters. The summed E-state index contributed by atoms with van der Waals surface area (Å²) in [5, 5.41) is 0.430. The molecule has 2 aliphatic rings. The van der Waals surface area contributed by atoms with E-state index in [1.54, 1.807) is 0 Å². The summed E-state index contributed by atoms with van der Waals surface area (Å²) in [7, 11) is 0. The third-order valence-corrected chi connectivity index (χ3v) is 3.10. The summed E-state index contributed by atoms with van der Waals surface area (Å²) < 4.78 is 5.15. The predicted molar refractivity (Wildman–Crippen MR) is 68.5 cm³/mol. The summed E-state index contributed by atoms with van der Waals surface area (Å²) >= 11 is 0. The maximum atomic E-state index is 11.7. The van der Waals surface area contributed by atoms with E-state index in [1.165, 1.54) is 6.92 Å². The molecule has 118 valence electrons. The van der Waals surface area contributed by atoms with Crippen LogP contribution >= 0.6 is 0 Å². The summed E-state index contributed by atoms with van der Waals surface area (Å²) in [6.07, 6.45) is 1.25. The largest absolute Gasteiger partial charge is 0.365 e. The van der Waals surface area contributed by atoms with Crippen LogP contribution in [0.25, 0.3) is 0 Å². The summed E-state index contributed by atoms with van der Waals surface area (Å²) in [6, 6.07) is 0. The van der Waals surface area contributed by atoms with Crippen molar-refractivity contribution >= 4 is 29.6 Å². The molecule has 4 amide bonds. The second-order valence-electron chi connectivity index (χ2n) is 4.67. The molecule has 2 heterocycles. The SMILES string of the molecule is CC(OCCN1C(=O)C=CC1=O)C(=O)ON1C(=O)CCC1=O. The van der Waals surface area contributed by atoms with Gasteiger partial charge in [-0.15, -0.1) is 5.06 Å². The molecule has 0 radical (unpaired) electrons. The second kappa shape index (κ2) is 6.48. The maximum absolute atomic E-state index is 11.7. The average molecular weight is 310 g/mol. The van der Waals surface area contributed by atoms with Crippen LogP contribution in [0, 0.1) is 0 Å². The lowest BCUT2D eigenvalue weighted by Gasteiger charge is -2.18. The van der Waals surface area contributed by atoms with E-state index in [0.29, 0.717) is 5.06 Å². The first-order valence-electron chi connectivity index (χ1n) is 6.63. The molecular weight excluding hydrogens is 296 g/mol. The molecule has 0 aromatic heterocycles. The van der Waals surface area contributed by atoms with Crippen LogP contribution in [0.5, 0.6) is 0 Å². The Morgan fingerprint density at radius 3 is 2.23 bits per heavy atom. The average Bonchev–Trinajstić information content (AvgIpc) is 2.96. The van der Waals surface area contributed by atoms with Crippen molar-refractivity contribution in [2.24, 2.45) is 0 Å². The van der Waals surface area contributed by atoms with Crippen molar-refractivity contribution in [3.8, 4) is 0 Å². The lowest BCUT2D eigenvalue weighted by molar-refractivity contribution is -0.204. The predicted octanol–water partition coefficient (Wildman–Crippen LogP) is -1.08. The molecule has 2 rings (SSSR count). The molecule has 22 heavy (non-hydrogen) atoms. The number of hydrogen-bond acceptors (Lipinski definition) is 7. The second-order valence-corrected chi connectivity index (χ2v) is 4.67. The van der Waals surface area contributed by atoms with Crippen molar-refractivity contribution in [3.63, 3.8) is 0 Å². The van der Waals surface area contributed by atoms with Crippen molar-refractivity contribution in [3.05, 3.63) is 12.2 Å². The number of hydroxylamine groups is 2. The van der Waals surface area contributed by atoms with Crippen molar-refractivity contribution in [2.75, 3.05) is 13.2 Å². The first-order valence-corrected chi connectivity index (χ1v) is 6.63. The minimum absolute atomic E-state index is 0.00747. The Kier molecular flexibility index (Phi) is 4.66.